The molecule has 1 heterocycles. The van der Waals surface area contributed by atoms with Crippen LogP contribution in [-0.4, -0.2) is 22.7 Å². The van der Waals surface area contributed by atoms with Crippen LogP contribution in [0.2, 0.25) is 0 Å². The van der Waals surface area contributed by atoms with Crippen LogP contribution in [0.1, 0.15) is 20.3 Å². The molecule has 1 aliphatic heterocycles. The molecule has 0 aromatic heterocycles. The van der Waals surface area contributed by atoms with E-state index < -0.39 is 0 Å². The first kappa shape index (κ1) is 8.81. The molecule has 0 aromatic rings. The SMILES string of the molecule is CC1(C)C=NC=C(CCO)S1. The lowest BCUT2D eigenvalue weighted by atomic mass is 10.2. The zero-order chi connectivity index (χ0) is 8.32. The van der Waals surface area contributed by atoms with E-state index >= 15 is 0 Å². The molecule has 1 aliphatic rings. The highest BCUT2D eigenvalue weighted by atomic mass is 32.2. The van der Waals surface area contributed by atoms with E-state index in [0.717, 1.165) is 6.42 Å². The fraction of sp³-hybridized carbons (Fsp3) is 0.625. The highest BCUT2D eigenvalue weighted by molar-refractivity contribution is 8.05. The maximum Gasteiger partial charge on any atom is 0.0499 e. The van der Waals surface area contributed by atoms with Crippen LogP contribution >= 0.6 is 11.8 Å². The summed E-state index contributed by atoms with van der Waals surface area (Å²) in [7, 11) is 0. The molecule has 0 radical (unpaired) electrons. The molecule has 3 heteroatoms. The van der Waals surface area contributed by atoms with Gasteiger partial charge in [-0.1, -0.05) is 0 Å². The standard InChI is InChI=1S/C8H13NOS/c1-8(2)6-9-5-7(11-8)3-4-10/h5-6,10H,3-4H2,1-2H3. The Morgan fingerprint density at radius 3 is 2.91 bits per heavy atom. The van der Waals surface area contributed by atoms with Crippen molar-refractivity contribution in [2.45, 2.75) is 25.0 Å². The van der Waals surface area contributed by atoms with Gasteiger partial charge in [-0.05, 0) is 13.8 Å². The Balaban J connectivity index is 2.58. The monoisotopic (exact) mass is 171 g/mol. The zero-order valence-electron chi connectivity index (χ0n) is 6.87. The van der Waals surface area contributed by atoms with Gasteiger partial charge in [-0.25, -0.2) is 0 Å². The van der Waals surface area contributed by atoms with Gasteiger partial charge in [0.2, 0.25) is 0 Å². The minimum atomic E-state index is 0.0965. The van der Waals surface area contributed by atoms with Crippen LogP contribution in [0.4, 0.5) is 0 Å². The Kier molecular flexibility index (Phi) is 2.73. The molecule has 0 unspecified atom stereocenters. The molecule has 0 saturated heterocycles. The summed E-state index contributed by atoms with van der Waals surface area (Å²) >= 11 is 1.77. The molecular weight excluding hydrogens is 158 g/mol. The fourth-order valence-corrected chi connectivity index (χ4v) is 2.01. The molecule has 0 bridgehead atoms. The summed E-state index contributed by atoms with van der Waals surface area (Å²) in [5.74, 6) is 0. The average Bonchev–Trinajstić information content (AvgIpc) is 1.85. The van der Waals surface area contributed by atoms with Gasteiger partial charge in [-0.2, -0.15) is 0 Å². The molecule has 0 aromatic carbocycles. The number of hydrogen-bond acceptors (Lipinski definition) is 3. The van der Waals surface area contributed by atoms with Gasteiger partial charge in [0, 0.05) is 35.1 Å². The zero-order valence-corrected chi connectivity index (χ0v) is 7.69. The highest BCUT2D eigenvalue weighted by Gasteiger charge is 2.20. The lowest BCUT2D eigenvalue weighted by Gasteiger charge is -2.22. The van der Waals surface area contributed by atoms with Crippen LogP contribution in [0.5, 0.6) is 0 Å². The first-order valence-electron chi connectivity index (χ1n) is 3.67. The van der Waals surface area contributed by atoms with Crippen molar-refractivity contribution in [2.75, 3.05) is 6.61 Å². The highest BCUT2D eigenvalue weighted by Crippen LogP contribution is 2.34. The Morgan fingerprint density at radius 2 is 2.36 bits per heavy atom. The molecule has 0 spiro atoms. The Bertz CT molecular complexity index is 196. The van der Waals surface area contributed by atoms with Crippen molar-refractivity contribution >= 4 is 18.0 Å². The number of nitrogens with zero attached hydrogens (tertiary/aromatic N) is 1. The molecule has 0 fully saturated rings. The molecule has 1 rings (SSSR count). The van der Waals surface area contributed by atoms with Gasteiger partial charge < -0.3 is 5.11 Å². The van der Waals surface area contributed by atoms with E-state index in [0.29, 0.717) is 0 Å². The summed E-state index contributed by atoms with van der Waals surface area (Å²) in [6.45, 7) is 4.45. The van der Waals surface area contributed by atoms with Crippen LogP contribution in [0, 0.1) is 0 Å². The Hall–Kier alpha value is -0.280. The molecular formula is C8H13NOS. The van der Waals surface area contributed by atoms with Crippen molar-refractivity contribution < 1.29 is 5.11 Å². The first-order chi connectivity index (χ1) is 5.14. The second-order valence-corrected chi connectivity index (χ2v) is 4.83. The van der Waals surface area contributed by atoms with Crippen LogP contribution in [0.15, 0.2) is 16.1 Å². The van der Waals surface area contributed by atoms with Crippen molar-refractivity contribution in [1.82, 2.24) is 0 Å². The maximum atomic E-state index is 8.68. The van der Waals surface area contributed by atoms with Gasteiger partial charge in [0.05, 0.1) is 0 Å². The van der Waals surface area contributed by atoms with Crippen LogP contribution < -0.4 is 0 Å². The van der Waals surface area contributed by atoms with E-state index in [1.54, 1.807) is 11.8 Å². The number of thioether (sulfide) groups is 1. The van der Waals surface area contributed by atoms with Gasteiger partial charge in [-0.15, -0.1) is 11.8 Å². The van der Waals surface area contributed by atoms with E-state index in [1.807, 2.05) is 12.4 Å². The van der Waals surface area contributed by atoms with E-state index in [2.05, 4.69) is 18.8 Å². The van der Waals surface area contributed by atoms with Crippen molar-refractivity contribution in [3.63, 3.8) is 0 Å². The third-order valence-corrected chi connectivity index (χ3v) is 2.56. The third kappa shape index (κ3) is 2.67. The molecule has 0 saturated carbocycles. The molecule has 0 aliphatic carbocycles. The van der Waals surface area contributed by atoms with Crippen molar-refractivity contribution in [3.8, 4) is 0 Å². The second-order valence-electron chi connectivity index (χ2n) is 3.05. The third-order valence-electron chi connectivity index (χ3n) is 1.36. The number of aliphatic imine (C=N–C) groups is 1. The lowest BCUT2D eigenvalue weighted by Crippen LogP contribution is -2.18. The molecule has 2 nitrogen and oxygen atoms in total. The average molecular weight is 171 g/mol. The van der Waals surface area contributed by atoms with Gasteiger partial charge in [0.15, 0.2) is 0 Å². The molecule has 0 amide bonds. The largest absolute Gasteiger partial charge is 0.396 e. The number of aliphatic hydroxyl groups excluding tert-OH is 1. The van der Waals surface area contributed by atoms with Crippen molar-refractivity contribution in [1.29, 1.82) is 0 Å². The van der Waals surface area contributed by atoms with Crippen LogP contribution in [-0.2, 0) is 0 Å². The fourth-order valence-electron chi connectivity index (χ4n) is 0.916. The number of hydrogen-bond donors (Lipinski definition) is 1. The summed E-state index contributed by atoms with van der Waals surface area (Å²) in [6.07, 6.45) is 4.48. The van der Waals surface area contributed by atoms with Crippen LogP contribution in [0.25, 0.3) is 0 Å². The predicted molar refractivity (Wildman–Crippen MR) is 49.9 cm³/mol. The van der Waals surface area contributed by atoms with Gasteiger partial charge in [-0.3, -0.25) is 4.99 Å². The Labute approximate surface area is 71.4 Å². The van der Waals surface area contributed by atoms with E-state index in [4.69, 9.17) is 5.11 Å². The minimum absolute atomic E-state index is 0.0965. The van der Waals surface area contributed by atoms with E-state index in [1.165, 1.54) is 4.91 Å². The topological polar surface area (TPSA) is 32.6 Å². The van der Waals surface area contributed by atoms with Crippen LogP contribution in [0.3, 0.4) is 0 Å². The molecule has 62 valence electrons. The first-order valence-corrected chi connectivity index (χ1v) is 4.49. The smallest absolute Gasteiger partial charge is 0.0499 e. The van der Waals surface area contributed by atoms with Gasteiger partial charge in [0.1, 0.15) is 0 Å². The summed E-state index contributed by atoms with van der Waals surface area (Å²) in [4.78, 5) is 5.28. The quantitative estimate of drug-likeness (QED) is 0.687. The predicted octanol–water partition coefficient (Wildman–Crippen LogP) is 1.81. The molecule has 1 N–H and O–H groups in total. The maximum absolute atomic E-state index is 8.68. The summed E-state index contributed by atoms with van der Waals surface area (Å²) in [5, 5.41) is 8.68. The summed E-state index contributed by atoms with van der Waals surface area (Å²) < 4.78 is 0.0965. The van der Waals surface area contributed by atoms with Crippen molar-refractivity contribution in [2.24, 2.45) is 4.99 Å². The van der Waals surface area contributed by atoms with Gasteiger partial charge >= 0.3 is 0 Å². The lowest BCUT2D eigenvalue weighted by molar-refractivity contribution is 0.301. The number of rotatable bonds is 2. The molecule has 11 heavy (non-hydrogen) atoms. The van der Waals surface area contributed by atoms with Crippen molar-refractivity contribution in [3.05, 3.63) is 11.1 Å². The number of aliphatic hydroxyl groups is 1. The normalized spacial score (nSPS) is 21.5. The summed E-state index contributed by atoms with van der Waals surface area (Å²) in [6, 6.07) is 0. The minimum Gasteiger partial charge on any atom is -0.396 e. The van der Waals surface area contributed by atoms with Gasteiger partial charge in [0.25, 0.3) is 0 Å². The Morgan fingerprint density at radius 1 is 1.64 bits per heavy atom. The van der Waals surface area contributed by atoms with E-state index in [9.17, 15) is 0 Å². The van der Waals surface area contributed by atoms with E-state index in [-0.39, 0.29) is 11.4 Å². The second kappa shape index (κ2) is 3.41. The summed E-state index contributed by atoms with van der Waals surface area (Å²) in [5.41, 5.74) is 0. The molecule has 0 atom stereocenters.